The Morgan fingerprint density at radius 1 is 1.32 bits per heavy atom. The third-order valence-electron chi connectivity index (χ3n) is 4.94. The molecule has 0 aromatic heterocycles. The molecule has 2 rings (SSSR count). The summed E-state index contributed by atoms with van der Waals surface area (Å²) in [5.41, 5.74) is 1.00. The van der Waals surface area contributed by atoms with Gasteiger partial charge in [-0.25, -0.2) is 0 Å². The van der Waals surface area contributed by atoms with E-state index in [1.165, 1.54) is 5.56 Å². The molecule has 6 heteroatoms. The molecule has 1 aromatic rings. The molecule has 1 fully saturated rings. The van der Waals surface area contributed by atoms with Crippen molar-refractivity contribution in [3.63, 3.8) is 0 Å². The summed E-state index contributed by atoms with van der Waals surface area (Å²) in [6.07, 6.45) is 1.92. The zero-order chi connectivity index (χ0) is 18.3. The van der Waals surface area contributed by atoms with Gasteiger partial charge in [0, 0.05) is 50.9 Å². The van der Waals surface area contributed by atoms with Crippen LogP contribution in [0.2, 0.25) is 5.02 Å². The molecule has 1 aromatic carbocycles. The first-order valence-electron chi connectivity index (χ1n) is 8.74. The normalized spacial score (nSPS) is 18.0. The van der Waals surface area contributed by atoms with E-state index in [2.05, 4.69) is 27.8 Å². The molecule has 0 saturated carbocycles. The van der Waals surface area contributed by atoms with Crippen LogP contribution in [0, 0.1) is 0 Å². The zero-order valence-corrected chi connectivity index (χ0v) is 16.4. The highest BCUT2D eigenvalue weighted by atomic mass is 35.5. The average Bonchev–Trinajstić information content (AvgIpc) is 2.62. The van der Waals surface area contributed by atoms with E-state index < -0.39 is 0 Å². The lowest BCUT2D eigenvalue weighted by atomic mass is 9.74. The maximum Gasteiger partial charge on any atom is 0.191 e. The number of nitrogens with zero attached hydrogens (tertiary/aromatic N) is 1. The van der Waals surface area contributed by atoms with Gasteiger partial charge < -0.3 is 20.1 Å². The van der Waals surface area contributed by atoms with E-state index in [4.69, 9.17) is 21.1 Å². The van der Waals surface area contributed by atoms with Crippen molar-refractivity contribution in [1.82, 2.24) is 10.6 Å². The van der Waals surface area contributed by atoms with Crippen molar-refractivity contribution in [3.05, 3.63) is 34.9 Å². The van der Waals surface area contributed by atoms with Gasteiger partial charge in [-0.05, 0) is 44.4 Å². The number of guanidine groups is 1. The number of hydrogen-bond donors (Lipinski definition) is 2. The molecule has 25 heavy (non-hydrogen) atoms. The van der Waals surface area contributed by atoms with Crippen molar-refractivity contribution in [2.45, 2.75) is 37.7 Å². The van der Waals surface area contributed by atoms with Gasteiger partial charge in [0.2, 0.25) is 0 Å². The Labute approximate surface area is 156 Å². The summed E-state index contributed by atoms with van der Waals surface area (Å²) in [6.45, 7) is 7.06. The van der Waals surface area contributed by atoms with Crippen LogP contribution in [0.15, 0.2) is 29.3 Å². The SMILES string of the molecule is CN=C(NCC(C)(C)OC)NCC1(c2cccc(Cl)c2)CCOCC1. The second-order valence-electron chi connectivity index (χ2n) is 7.15. The van der Waals surface area contributed by atoms with Gasteiger partial charge in [0.15, 0.2) is 5.96 Å². The number of hydrogen-bond acceptors (Lipinski definition) is 3. The van der Waals surface area contributed by atoms with Crippen LogP contribution < -0.4 is 10.6 Å². The fraction of sp³-hybridized carbons (Fsp3) is 0.632. The van der Waals surface area contributed by atoms with Gasteiger partial charge in [-0.2, -0.15) is 0 Å². The van der Waals surface area contributed by atoms with Crippen molar-refractivity contribution in [1.29, 1.82) is 0 Å². The number of aliphatic imine (C=N–C) groups is 1. The van der Waals surface area contributed by atoms with Crippen LogP contribution in [0.5, 0.6) is 0 Å². The molecule has 1 heterocycles. The van der Waals surface area contributed by atoms with E-state index in [0.29, 0.717) is 6.54 Å². The lowest BCUT2D eigenvalue weighted by Gasteiger charge is -2.38. The second-order valence-corrected chi connectivity index (χ2v) is 7.58. The van der Waals surface area contributed by atoms with Gasteiger partial charge in [0.05, 0.1) is 5.60 Å². The number of nitrogens with one attached hydrogen (secondary N) is 2. The van der Waals surface area contributed by atoms with E-state index in [1.807, 2.05) is 26.0 Å². The fourth-order valence-electron chi connectivity index (χ4n) is 2.99. The molecule has 0 bridgehead atoms. The average molecular weight is 368 g/mol. The highest BCUT2D eigenvalue weighted by Gasteiger charge is 2.34. The first kappa shape index (κ1) is 20.0. The molecule has 1 aliphatic rings. The van der Waals surface area contributed by atoms with E-state index in [1.54, 1.807) is 14.2 Å². The Morgan fingerprint density at radius 3 is 2.64 bits per heavy atom. The molecule has 2 N–H and O–H groups in total. The summed E-state index contributed by atoms with van der Waals surface area (Å²) in [5.74, 6) is 0.776. The molecular formula is C19H30ClN3O2. The third-order valence-corrected chi connectivity index (χ3v) is 5.17. The van der Waals surface area contributed by atoms with Crippen molar-refractivity contribution in [2.75, 3.05) is 40.5 Å². The maximum absolute atomic E-state index is 6.23. The lowest BCUT2D eigenvalue weighted by Crippen LogP contribution is -2.50. The molecule has 1 aliphatic heterocycles. The molecule has 140 valence electrons. The van der Waals surface area contributed by atoms with Gasteiger partial charge in [0.25, 0.3) is 0 Å². The van der Waals surface area contributed by atoms with Crippen LogP contribution >= 0.6 is 11.6 Å². The quantitative estimate of drug-likeness (QED) is 0.599. The maximum atomic E-state index is 6.23. The van der Waals surface area contributed by atoms with E-state index in [-0.39, 0.29) is 11.0 Å². The predicted molar refractivity (Wildman–Crippen MR) is 104 cm³/mol. The minimum absolute atomic E-state index is 0.00244. The number of methoxy groups -OCH3 is 1. The molecule has 5 nitrogen and oxygen atoms in total. The Bertz CT molecular complexity index is 584. The van der Waals surface area contributed by atoms with E-state index >= 15 is 0 Å². The van der Waals surface area contributed by atoms with Gasteiger partial charge in [-0.3, -0.25) is 4.99 Å². The molecule has 0 radical (unpaired) electrons. The minimum atomic E-state index is -0.249. The van der Waals surface area contributed by atoms with Crippen LogP contribution in [0.3, 0.4) is 0 Å². The first-order valence-corrected chi connectivity index (χ1v) is 9.12. The summed E-state index contributed by atoms with van der Waals surface area (Å²) >= 11 is 6.23. The van der Waals surface area contributed by atoms with Crippen LogP contribution in [-0.2, 0) is 14.9 Å². The van der Waals surface area contributed by atoms with Crippen molar-refractivity contribution in [2.24, 2.45) is 4.99 Å². The van der Waals surface area contributed by atoms with Crippen molar-refractivity contribution < 1.29 is 9.47 Å². The van der Waals surface area contributed by atoms with E-state index in [9.17, 15) is 0 Å². The highest BCUT2D eigenvalue weighted by Crippen LogP contribution is 2.35. The number of halogens is 1. The summed E-state index contributed by atoms with van der Waals surface area (Å²) in [5, 5.41) is 7.59. The molecule has 0 amide bonds. The Morgan fingerprint density at radius 2 is 2.04 bits per heavy atom. The summed E-state index contributed by atoms with van der Waals surface area (Å²) in [4.78, 5) is 4.33. The number of rotatable bonds is 6. The number of ether oxygens (including phenoxy) is 2. The molecule has 0 atom stereocenters. The molecule has 0 spiro atoms. The van der Waals surface area contributed by atoms with Crippen molar-refractivity contribution >= 4 is 17.6 Å². The Kier molecular flexibility index (Phi) is 7.11. The predicted octanol–water partition coefficient (Wildman–Crippen LogP) is 2.98. The first-order chi connectivity index (χ1) is 11.9. The van der Waals surface area contributed by atoms with Crippen molar-refractivity contribution in [3.8, 4) is 0 Å². The molecule has 0 aliphatic carbocycles. The van der Waals surface area contributed by atoms with Crippen LogP contribution in [0.4, 0.5) is 0 Å². The van der Waals surface area contributed by atoms with E-state index in [0.717, 1.165) is 43.6 Å². The standard InChI is InChI=1S/C19H30ClN3O2/c1-18(2,24-4)13-22-17(21-3)23-14-19(8-10-25-11-9-19)15-6-5-7-16(20)12-15/h5-7,12H,8-11,13-14H2,1-4H3,(H2,21,22,23). The summed E-state index contributed by atoms with van der Waals surface area (Å²) in [7, 11) is 3.50. The summed E-state index contributed by atoms with van der Waals surface area (Å²) < 4.78 is 11.0. The Balaban J connectivity index is 2.07. The molecule has 0 unspecified atom stereocenters. The second kappa shape index (κ2) is 8.88. The van der Waals surface area contributed by atoms with Crippen LogP contribution in [0.25, 0.3) is 0 Å². The van der Waals surface area contributed by atoms with Crippen LogP contribution in [0.1, 0.15) is 32.3 Å². The van der Waals surface area contributed by atoms with Gasteiger partial charge in [0.1, 0.15) is 0 Å². The smallest absolute Gasteiger partial charge is 0.191 e. The largest absolute Gasteiger partial charge is 0.381 e. The van der Waals surface area contributed by atoms with Gasteiger partial charge in [-0.1, -0.05) is 23.7 Å². The minimum Gasteiger partial charge on any atom is -0.381 e. The van der Waals surface area contributed by atoms with Gasteiger partial charge >= 0.3 is 0 Å². The summed E-state index contributed by atoms with van der Waals surface area (Å²) in [6, 6.07) is 8.16. The fourth-order valence-corrected chi connectivity index (χ4v) is 3.18. The van der Waals surface area contributed by atoms with Gasteiger partial charge in [-0.15, -0.1) is 0 Å². The lowest BCUT2D eigenvalue weighted by molar-refractivity contribution is 0.0267. The highest BCUT2D eigenvalue weighted by molar-refractivity contribution is 6.30. The topological polar surface area (TPSA) is 54.9 Å². The molecular weight excluding hydrogens is 338 g/mol. The number of benzene rings is 1. The van der Waals surface area contributed by atoms with Crippen LogP contribution in [-0.4, -0.2) is 52.0 Å². The zero-order valence-electron chi connectivity index (χ0n) is 15.7. The third kappa shape index (κ3) is 5.59. The molecule has 1 saturated heterocycles. The monoisotopic (exact) mass is 367 g/mol. The Hall–Kier alpha value is -1.30.